The molecule has 189 valence electrons. The van der Waals surface area contributed by atoms with Crippen LogP contribution in [0.3, 0.4) is 0 Å². The van der Waals surface area contributed by atoms with Gasteiger partial charge in [-0.05, 0) is 60.7 Å². The summed E-state index contributed by atoms with van der Waals surface area (Å²) >= 11 is 0. The summed E-state index contributed by atoms with van der Waals surface area (Å²) in [4.78, 5) is 28.3. The van der Waals surface area contributed by atoms with E-state index in [2.05, 4.69) is 4.90 Å². The van der Waals surface area contributed by atoms with Crippen molar-refractivity contribution in [2.24, 2.45) is 7.05 Å². The summed E-state index contributed by atoms with van der Waals surface area (Å²) in [5, 5.41) is 11.2. The van der Waals surface area contributed by atoms with Gasteiger partial charge in [-0.1, -0.05) is 48.5 Å². The van der Waals surface area contributed by atoms with Gasteiger partial charge >= 0.3 is 0 Å². The number of carbonyl (C=O) groups excluding carboxylic acids is 1. The zero-order valence-corrected chi connectivity index (χ0v) is 22.4. The third-order valence-electron chi connectivity index (χ3n) is 5.92. The van der Waals surface area contributed by atoms with E-state index < -0.39 is 11.3 Å². The van der Waals surface area contributed by atoms with E-state index in [0.29, 0.717) is 16.5 Å². The van der Waals surface area contributed by atoms with Gasteiger partial charge in [-0.3, -0.25) is 9.59 Å². The Hall–Kier alpha value is -3.14. The molecule has 0 amide bonds. The number of nitrogens with zero attached hydrogens (tertiary/aromatic N) is 2. The molecule has 37 heavy (non-hydrogen) atoms. The summed E-state index contributed by atoms with van der Waals surface area (Å²) in [7, 11) is 1.60. The smallest absolute Gasteiger partial charge is 0.265 e. The standard InChI is InChI=1S/C29H22N2O3.Eu.2H2O/c1-30-25-15-9-8-14-24(25)28(33)26(29(30)34)27(32)20-16-18-23(19-17-20)31(21-10-4-2-5-11-21)22-12-6-3-7-13-22;;;/h2-19,33H,1H3;;2*1H2. The number of para-hydroxylation sites is 3. The molecular formula is C29H26EuN2O5. The summed E-state index contributed by atoms with van der Waals surface area (Å²) in [6, 6.07) is 33.9. The number of aromatic nitrogens is 1. The van der Waals surface area contributed by atoms with E-state index in [1.807, 2.05) is 72.8 Å². The maximum Gasteiger partial charge on any atom is 0.265 e. The van der Waals surface area contributed by atoms with Crippen molar-refractivity contribution in [1.82, 2.24) is 4.57 Å². The number of hydrogen-bond donors (Lipinski definition) is 1. The average molecular weight is 635 g/mol. The van der Waals surface area contributed by atoms with Gasteiger partial charge in [-0.2, -0.15) is 0 Å². The Balaban J connectivity index is 0.00000160. The quantitative estimate of drug-likeness (QED) is 0.290. The van der Waals surface area contributed by atoms with Gasteiger partial charge in [0.15, 0.2) is 0 Å². The molecule has 0 bridgehead atoms. The van der Waals surface area contributed by atoms with E-state index in [-0.39, 0.29) is 71.6 Å². The number of benzene rings is 4. The summed E-state index contributed by atoms with van der Waals surface area (Å²) < 4.78 is 1.39. The van der Waals surface area contributed by atoms with Crippen molar-refractivity contribution >= 4 is 33.7 Å². The zero-order chi connectivity index (χ0) is 23.7. The van der Waals surface area contributed by atoms with E-state index in [1.165, 1.54) is 4.57 Å². The van der Waals surface area contributed by atoms with Crippen molar-refractivity contribution in [3.8, 4) is 5.75 Å². The summed E-state index contributed by atoms with van der Waals surface area (Å²) in [6.45, 7) is 0. The van der Waals surface area contributed by atoms with E-state index >= 15 is 0 Å². The third-order valence-corrected chi connectivity index (χ3v) is 5.92. The van der Waals surface area contributed by atoms with Crippen molar-refractivity contribution in [2.75, 3.05) is 4.90 Å². The molecule has 0 atom stereocenters. The molecule has 0 aliphatic carbocycles. The summed E-state index contributed by atoms with van der Waals surface area (Å²) in [6.07, 6.45) is 0. The zero-order valence-electron chi connectivity index (χ0n) is 19.9. The van der Waals surface area contributed by atoms with Crippen molar-refractivity contribution in [3.63, 3.8) is 0 Å². The first kappa shape index (κ1) is 30.1. The van der Waals surface area contributed by atoms with Crippen LogP contribution < -0.4 is 10.5 Å². The second kappa shape index (κ2) is 12.9. The molecule has 0 saturated carbocycles. The fraction of sp³-hybridized carbons (Fsp3) is 0.0345. The molecule has 0 unspecified atom stereocenters. The number of carbonyl (C=O) groups is 1. The van der Waals surface area contributed by atoms with E-state index in [0.717, 1.165) is 17.1 Å². The van der Waals surface area contributed by atoms with Gasteiger partial charge in [-0.25, -0.2) is 0 Å². The fourth-order valence-electron chi connectivity index (χ4n) is 4.19. The average Bonchev–Trinajstić information content (AvgIpc) is 2.89. The monoisotopic (exact) mass is 635 g/mol. The van der Waals surface area contributed by atoms with Crippen LogP contribution in [-0.2, 0) is 7.05 Å². The largest absolute Gasteiger partial charge is 0.506 e. The number of hydrogen-bond acceptors (Lipinski definition) is 4. The summed E-state index contributed by atoms with van der Waals surface area (Å²) in [5.41, 5.74) is 2.97. The van der Waals surface area contributed by atoms with Gasteiger partial charge in [0.1, 0.15) is 11.3 Å². The van der Waals surface area contributed by atoms with E-state index in [9.17, 15) is 14.7 Å². The molecule has 5 N–H and O–H groups in total. The second-order valence-electron chi connectivity index (χ2n) is 7.99. The minimum atomic E-state index is -0.527. The molecule has 0 aliphatic rings. The Morgan fingerprint density at radius 3 is 1.70 bits per heavy atom. The van der Waals surface area contributed by atoms with Crippen LogP contribution in [0.15, 0.2) is 114 Å². The molecule has 0 aliphatic heterocycles. The maximum absolute atomic E-state index is 13.3. The summed E-state index contributed by atoms with van der Waals surface area (Å²) in [5.74, 6) is -0.802. The number of ketones is 1. The Labute approximate surface area is 254 Å². The Bertz CT molecular complexity index is 1510. The minimum absolute atomic E-state index is 0. The Morgan fingerprint density at radius 2 is 1.16 bits per heavy atom. The van der Waals surface area contributed by atoms with Crippen LogP contribution >= 0.6 is 0 Å². The number of pyridine rings is 1. The fourth-order valence-corrected chi connectivity index (χ4v) is 4.19. The van der Waals surface area contributed by atoms with Crippen LogP contribution in [0.4, 0.5) is 17.1 Å². The van der Waals surface area contributed by atoms with Gasteiger partial charge < -0.3 is 25.5 Å². The topological polar surface area (TPSA) is 126 Å². The maximum atomic E-state index is 13.3. The molecule has 0 saturated heterocycles. The van der Waals surface area contributed by atoms with Gasteiger partial charge in [0.05, 0.1) is 5.52 Å². The molecule has 8 heteroatoms. The molecule has 1 heterocycles. The Kier molecular flexibility index (Phi) is 10.5. The predicted molar refractivity (Wildman–Crippen MR) is 143 cm³/mol. The van der Waals surface area contributed by atoms with Crippen LogP contribution in [0.25, 0.3) is 10.9 Å². The molecule has 5 aromatic rings. The van der Waals surface area contributed by atoms with Crippen LogP contribution in [0.1, 0.15) is 15.9 Å². The number of rotatable bonds is 5. The van der Waals surface area contributed by atoms with Gasteiger partial charge in [0.25, 0.3) is 5.56 Å². The third kappa shape index (κ3) is 5.74. The van der Waals surface area contributed by atoms with E-state index in [1.54, 1.807) is 43.4 Å². The van der Waals surface area contributed by atoms with Gasteiger partial charge in [-0.15, -0.1) is 0 Å². The number of aryl methyl sites for hydroxylation is 1. The minimum Gasteiger partial charge on any atom is -0.506 e. The van der Waals surface area contributed by atoms with Gasteiger partial charge in [0.2, 0.25) is 5.78 Å². The molecule has 1 radical (unpaired) electrons. The molecule has 1 aromatic heterocycles. The normalized spacial score (nSPS) is 9.97. The predicted octanol–water partition coefficient (Wildman–Crippen LogP) is 4.30. The Morgan fingerprint density at radius 1 is 0.703 bits per heavy atom. The molecule has 0 fully saturated rings. The molecule has 0 spiro atoms. The van der Waals surface area contributed by atoms with Crippen molar-refractivity contribution in [2.45, 2.75) is 0 Å². The first-order valence-electron chi connectivity index (χ1n) is 10.9. The molecule has 5 rings (SSSR count). The van der Waals surface area contributed by atoms with Crippen LogP contribution in [-0.4, -0.2) is 26.4 Å². The van der Waals surface area contributed by atoms with Crippen LogP contribution in [0.5, 0.6) is 5.75 Å². The number of aromatic hydroxyl groups is 1. The number of fused-ring (bicyclic) bond motifs is 1. The molecule has 7 nitrogen and oxygen atoms in total. The molecular weight excluding hydrogens is 608 g/mol. The van der Waals surface area contributed by atoms with Gasteiger partial charge in [0, 0.05) is 84.4 Å². The number of anilines is 3. The SMILES string of the molecule is Cn1c(=O)c(C(=O)c2ccc(N(c3ccccc3)c3ccccc3)cc2)c(O)c2ccccc21.O.O.[Eu]. The first-order valence-corrected chi connectivity index (χ1v) is 10.9. The molecule has 4 aromatic carbocycles. The first-order chi connectivity index (χ1) is 16.6. The second-order valence-corrected chi connectivity index (χ2v) is 7.99. The van der Waals surface area contributed by atoms with Crippen LogP contribution in [0, 0.1) is 49.4 Å². The van der Waals surface area contributed by atoms with Crippen LogP contribution in [0.2, 0.25) is 0 Å². The van der Waals surface area contributed by atoms with Crippen molar-refractivity contribution in [1.29, 1.82) is 0 Å². The van der Waals surface area contributed by atoms with Crippen molar-refractivity contribution in [3.05, 3.63) is 131 Å². The van der Waals surface area contributed by atoms with E-state index in [4.69, 9.17) is 0 Å². The van der Waals surface area contributed by atoms with Crippen molar-refractivity contribution < 1.29 is 70.2 Å².